The van der Waals surface area contributed by atoms with Crippen LogP contribution in [0, 0.1) is 0 Å². The highest BCUT2D eigenvalue weighted by Crippen LogP contribution is 2.31. The van der Waals surface area contributed by atoms with Crippen LogP contribution < -0.4 is 4.90 Å². The zero-order valence-corrected chi connectivity index (χ0v) is 20.4. The number of aliphatic imine (C=N–C) groups is 1. The number of aromatic nitrogens is 3. The molecule has 1 N–H and O–H groups in total. The van der Waals surface area contributed by atoms with Crippen LogP contribution in [0.4, 0.5) is 11.6 Å². The molecule has 0 unspecified atom stereocenters. The van der Waals surface area contributed by atoms with Crippen molar-refractivity contribution < 1.29 is 14.6 Å². The Morgan fingerprint density at radius 2 is 1.86 bits per heavy atom. The predicted octanol–water partition coefficient (Wildman–Crippen LogP) is 1.98. The maximum absolute atomic E-state index is 12.1. The van der Waals surface area contributed by atoms with Crippen molar-refractivity contribution in [2.45, 2.75) is 31.9 Å². The average Bonchev–Trinajstić information content (AvgIpc) is 2.92. The van der Waals surface area contributed by atoms with Gasteiger partial charge in [-0.05, 0) is 38.6 Å². The zero-order chi connectivity index (χ0) is 24.9. The van der Waals surface area contributed by atoms with Gasteiger partial charge >= 0.3 is 0 Å². The number of hydrogen-bond donors (Lipinski definition) is 1. The van der Waals surface area contributed by atoms with Gasteiger partial charge in [-0.15, -0.1) is 0 Å². The summed E-state index contributed by atoms with van der Waals surface area (Å²) in [6.07, 6.45) is 4.15. The van der Waals surface area contributed by atoms with Gasteiger partial charge in [-0.3, -0.25) is 9.79 Å². The Hall–Kier alpha value is -3.37. The summed E-state index contributed by atoms with van der Waals surface area (Å²) >= 11 is 0. The van der Waals surface area contributed by atoms with Crippen LogP contribution in [0.5, 0.6) is 0 Å². The van der Waals surface area contributed by atoms with Gasteiger partial charge in [0.1, 0.15) is 11.8 Å². The number of aliphatic hydroxyl groups is 1. The largest absolute Gasteiger partial charge is 0.384 e. The summed E-state index contributed by atoms with van der Waals surface area (Å²) < 4.78 is 5.40. The fraction of sp³-hybridized carbons (Fsp3) is 0.480. The molecule has 0 aromatic carbocycles. The monoisotopic (exact) mass is 479 g/mol. The van der Waals surface area contributed by atoms with E-state index in [-0.39, 0.29) is 11.9 Å². The summed E-state index contributed by atoms with van der Waals surface area (Å²) in [5, 5.41) is 9.59. The van der Waals surface area contributed by atoms with Gasteiger partial charge < -0.3 is 24.5 Å². The van der Waals surface area contributed by atoms with E-state index >= 15 is 0 Å². The topological polar surface area (TPSA) is 107 Å². The third-order valence-corrected chi connectivity index (χ3v) is 6.65. The first-order valence-electron chi connectivity index (χ1n) is 11.9. The van der Waals surface area contributed by atoms with Crippen molar-refractivity contribution in [3.8, 4) is 11.3 Å². The number of piperidine rings is 1. The summed E-state index contributed by atoms with van der Waals surface area (Å²) in [4.78, 5) is 36.1. The molecule has 10 nitrogen and oxygen atoms in total. The van der Waals surface area contributed by atoms with Crippen LogP contribution in [0.25, 0.3) is 17.0 Å². The molecule has 2 aliphatic heterocycles. The van der Waals surface area contributed by atoms with E-state index in [0.29, 0.717) is 43.6 Å². The lowest BCUT2D eigenvalue weighted by Gasteiger charge is -2.38. The third kappa shape index (κ3) is 5.49. The minimum absolute atomic E-state index is 0.194. The number of carbonyl (C=O) groups excluding carboxylic acids is 1. The molecule has 2 aromatic heterocycles. The molecule has 2 saturated heterocycles. The summed E-state index contributed by atoms with van der Waals surface area (Å²) in [5.74, 6) is 0.463. The minimum atomic E-state index is -0.973. The molecular weight excluding hydrogens is 446 g/mol. The van der Waals surface area contributed by atoms with Gasteiger partial charge in [-0.2, -0.15) is 0 Å². The minimum Gasteiger partial charge on any atom is -0.384 e. The lowest BCUT2D eigenvalue weighted by Crippen LogP contribution is -2.47. The molecule has 186 valence electrons. The number of amides is 1. The number of anilines is 1. The van der Waals surface area contributed by atoms with Gasteiger partial charge in [0.15, 0.2) is 0 Å². The fourth-order valence-corrected chi connectivity index (χ4v) is 4.46. The smallest absolute Gasteiger partial charge is 0.251 e. The number of morpholine rings is 1. The van der Waals surface area contributed by atoms with Crippen LogP contribution in [0.3, 0.4) is 0 Å². The predicted molar refractivity (Wildman–Crippen MR) is 136 cm³/mol. The van der Waals surface area contributed by atoms with E-state index < -0.39 is 6.10 Å². The lowest BCUT2D eigenvalue weighted by molar-refractivity contribution is -0.140. The molecule has 4 heterocycles. The molecule has 0 aliphatic carbocycles. The first-order valence-corrected chi connectivity index (χ1v) is 11.9. The number of aliphatic hydroxyl groups excluding tert-OH is 1. The van der Waals surface area contributed by atoms with Crippen molar-refractivity contribution in [3.05, 3.63) is 36.8 Å². The molecular formula is C25H33N7O3. The number of ether oxygens (including phenoxy) is 1. The first-order chi connectivity index (χ1) is 16.9. The zero-order valence-electron chi connectivity index (χ0n) is 20.4. The van der Waals surface area contributed by atoms with Gasteiger partial charge in [0, 0.05) is 57.2 Å². The molecule has 0 radical (unpaired) electrons. The Morgan fingerprint density at radius 1 is 1.20 bits per heavy atom. The van der Waals surface area contributed by atoms with Crippen LogP contribution in [0.2, 0.25) is 0 Å². The van der Waals surface area contributed by atoms with Gasteiger partial charge in [-0.1, -0.05) is 6.58 Å². The van der Waals surface area contributed by atoms with Gasteiger partial charge in [-0.25, -0.2) is 15.0 Å². The molecule has 1 atom stereocenters. The second kappa shape index (κ2) is 10.9. The summed E-state index contributed by atoms with van der Waals surface area (Å²) in [6.45, 7) is 13.6. The highest BCUT2D eigenvalue weighted by atomic mass is 16.5. The quantitative estimate of drug-likeness (QED) is 0.601. The van der Waals surface area contributed by atoms with E-state index in [9.17, 15) is 9.90 Å². The van der Waals surface area contributed by atoms with Gasteiger partial charge in [0.2, 0.25) is 5.95 Å². The van der Waals surface area contributed by atoms with E-state index in [2.05, 4.69) is 38.1 Å². The van der Waals surface area contributed by atoms with E-state index in [1.807, 2.05) is 19.2 Å². The number of likely N-dealkylation sites (tertiary alicyclic amines) is 1. The number of pyridine rings is 1. The highest BCUT2D eigenvalue weighted by molar-refractivity contribution is 5.80. The van der Waals surface area contributed by atoms with Crippen LogP contribution in [-0.4, -0.2) is 101 Å². The second-order valence-corrected chi connectivity index (χ2v) is 8.88. The number of nitrogens with zero attached hydrogens (tertiary/aromatic N) is 7. The highest BCUT2D eigenvalue weighted by Gasteiger charge is 2.28. The van der Waals surface area contributed by atoms with Crippen molar-refractivity contribution in [2.24, 2.45) is 4.99 Å². The van der Waals surface area contributed by atoms with Crippen molar-refractivity contribution >= 4 is 30.0 Å². The molecule has 2 fully saturated rings. The van der Waals surface area contributed by atoms with E-state index in [0.717, 1.165) is 42.9 Å². The summed E-state index contributed by atoms with van der Waals surface area (Å²) in [5.41, 5.74) is 3.57. The average molecular weight is 480 g/mol. The Labute approximate surface area is 206 Å². The lowest BCUT2D eigenvalue weighted by atomic mass is 10.0. The molecule has 2 aromatic rings. The Bertz CT molecular complexity index is 1060. The Morgan fingerprint density at radius 3 is 2.46 bits per heavy atom. The molecule has 2 aliphatic rings. The molecule has 0 spiro atoms. The molecule has 35 heavy (non-hydrogen) atoms. The third-order valence-electron chi connectivity index (χ3n) is 6.65. The van der Waals surface area contributed by atoms with Crippen molar-refractivity contribution in [1.29, 1.82) is 0 Å². The van der Waals surface area contributed by atoms with Crippen molar-refractivity contribution in [1.82, 2.24) is 24.8 Å². The van der Waals surface area contributed by atoms with Crippen molar-refractivity contribution in [2.75, 3.05) is 51.3 Å². The number of hydrogen-bond acceptors (Lipinski definition) is 9. The SMILES string of the molecule is C=Nc1ccc(-c2cnc(N3CCOCC3)nc2)nc1C(=C)N(C)C1CCN(C(=O)[C@H](C)O)CC1. The fourth-order valence-electron chi connectivity index (χ4n) is 4.46. The van der Waals surface area contributed by atoms with E-state index in [4.69, 9.17) is 9.72 Å². The Balaban J connectivity index is 1.49. The molecule has 1 amide bonds. The maximum Gasteiger partial charge on any atom is 0.251 e. The number of carbonyl (C=O) groups is 1. The second-order valence-electron chi connectivity index (χ2n) is 8.88. The standard InChI is InChI=1S/C25H33N7O3/c1-17(30(4)20-7-9-31(10-8-20)24(34)18(2)33)23-22(26-3)6-5-21(29-23)19-15-27-25(28-16-19)32-11-13-35-14-12-32/h5-6,15-16,18,20,33H,1,3,7-14H2,2,4H3/t18-/m0/s1. The molecule has 0 saturated carbocycles. The first kappa shape index (κ1) is 24.7. The van der Waals surface area contributed by atoms with Crippen LogP contribution in [0.15, 0.2) is 36.1 Å². The number of rotatable bonds is 7. The van der Waals surface area contributed by atoms with E-state index in [1.54, 1.807) is 17.3 Å². The molecule has 10 heteroatoms. The normalized spacial score (nSPS) is 17.7. The van der Waals surface area contributed by atoms with E-state index in [1.165, 1.54) is 6.92 Å². The van der Waals surface area contributed by atoms with Crippen LogP contribution in [-0.2, 0) is 9.53 Å². The summed E-state index contributed by atoms with van der Waals surface area (Å²) in [6, 6.07) is 3.96. The van der Waals surface area contributed by atoms with Crippen LogP contribution in [0.1, 0.15) is 25.5 Å². The summed E-state index contributed by atoms with van der Waals surface area (Å²) in [7, 11) is 1.99. The molecule has 0 bridgehead atoms. The van der Waals surface area contributed by atoms with Gasteiger partial charge in [0.25, 0.3) is 5.91 Å². The molecule has 4 rings (SSSR count). The maximum atomic E-state index is 12.1. The Kier molecular flexibility index (Phi) is 7.72. The van der Waals surface area contributed by atoms with Gasteiger partial charge in [0.05, 0.1) is 30.3 Å². The van der Waals surface area contributed by atoms with Crippen molar-refractivity contribution in [3.63, 3.8) is 0 Å². The van der Waals surface area contributed by atoms with Crippen LogP contribution >= 0.6 is 0 Å².